The molecule has 1 aromatic carbocycles. The molecule has 2 aromatic rings. The molecule has 0 aliphatic heterocycles. The minimum Gasteiger partial charge on any atom is -0.481 e. The van der Waals surface area contributed by atoms with Gasteiger partial charge in [0.1, 0.15) is 0 Å². The number of carbonyl (C=O) groups is 1. The van der Waals surface area contributed by atoms with Crippen LogP contribution in [0.4, 0.5) is 4.39 Å². The van der Waals surface area contributed by atoms with Gasteiger partial charge < -0.3 is 5.11 Å². The number of rotatable bonds is 3. The minimum atomic E-state index is -1.12. The normalized spacial score (nSPS) is 10.5. The van der Waals surface area contributed by atoms with Crippen LogP contribution in [0, 0.1) is 5.95 Å². The van der Waals surface area contributed by atoms with Crippen molar-refractivity contribution in [1.29, 1.82) is 0 Å². The highest BCUT2D eigenvalue weighted by atomic mass is 35.5. The van der Waals surface area contributed by atoms with Crippen LogP contribution >= 0.6 is 23.2 Å². The summed E-state index contributed by atoms with van der Waals surface area (Å²) in [6.45, 7) is 0. The Balaban J connectivity index is 2.47. The van der Waals surface area contributed by atoms with Crippen molar-refractivity contribution in [3.8, 4) is 11.1 Å². The summed E-state index contributed by atoms with van der Waals surface area (Å²) >= 11 is 11.8. The van der Waals surface area contributed by atoms with Crippen molar-refractivity contribution < 1.29 is 14.3 Å². The molecule has 19 heavy (non-hydrogen) atoms. The van der Waals surface area contributed by atoms with Crippen LogP contribution in [0.3, 0.4) is 0 Å². The summed E-state index contributed by atoms with van der Waals surface area (Å²) in [6.07, 6.45) is 0.879. The van der Waals surface area contributed by atoms with Crippen LogP contribution in [0.2, 0.25) is 10.0 Å². The second-order valence-corrected chi connectivity index (χ2v) is 4.78. The molecule has 6 heteroatoms. The first kappa shape index (κ1) is 13.8. The molecule has 0 saturated heterocycles. The predicted molar refractivity (Wildman–Crippen MR) is 71.0 cm³/mol. The predicted octanol–water partition coefficient (Wildman–Crippen LogP) is 3.82. The van der Waals surface area contributed by atoms with E-state index in [0.717, 1.165) is 0 Å². The maximum absolute atomic E-state index is 13.4. The third kappa shape index (κ3) is 3.43. The summed E-state index contributed by atoms with van der Waals surface area (Å²) in [5, 5.41) is 9.58. The number of benzene rings is 1. The first-order valence-corrected chi connectivity index (χ1v) is 6.04. The Morgan fingerprint density at radius 1 is 1.16 bits per heavy atom. The van der Waals surface area contributed by atoms with E-state index in [-0.39, 0.29) is 5.56 Å². The average molecular weight is 300 g/mol. The molecule has 0 bridgehead atoms. The van der Waals surface area contributed by atoms with Crippen molar-refractivity contribution in [1.82, 2.24) is 4.98 Å². The fourth-order valence-electron chi connectivity index (χ4n) is 1.66. The number of aromatic nitrogens is 1. The number of nitrogens with zero attached hydrogens (tertiary/aromatic N) is 1. The van der Waals surface area contributed by atoms with E-state index < -0.39 is 18.3 Å². The maximum atomic E-state index is 13.4. The lowest BCUT2D eigenvalue weighted by atomic mass is 10.0. The van der Waals surface area contributed by atoms with Crippen molar-refractivity contribution in [2.24, 2.45) is 0 Å². The second-order valence-electron chi connectivity index (χ2n) is 3.90. The van der Waals surface area contributed by atoms with Crippen LogP contribution in [-0.4, -0.2) is 16.1 Å². The molecule has 98 valence electrons. The third-order valence-electron chi connectivity index (χ3n) is 2.45. The Labute approximate surface area is 118 Å². The van der Waals surface area contributed by atoms with E-state index in [1.807, 2.05) is 0 Å². The Hall–Kier alpha value is -1.65. The van der Waals surface area contributed by atoms with Gasteiger partial charge in [-0.1, -0.05) is 23.2 Å². The van der Waals surface area contributed by atoms with Crippen LogP contribution < -0.4 is 0 Å². The van der Waals surface area contributed by atoms with Gasteiger partial charge in [0.15, 0.2) is 0 Å². The molecular formula is C13H8Cl2FNO2. The van der Waals surface area contributed by atoms with Crippen molar-refractivity contribution in [3.05, 3.63) is 52.0 Å². The SMILES string of the molecule is O=C(O)Cc1cc(-c2cc(Cl)cc(Cl)c2)cnc1F. The largest absolute Gasteiger partial charge is 0.481 e. The molecule has 0 spiro atoms. The first-order valence-electron chi connectivity index (χ1n) is 5.28. The molecule has 1 N–H and O–H groups in total. The summed E-state index contributed by atoms with van der Waals surface area (Å²) in [5.74, 6) is -1.92. The zero-order chi connectivity index (χ0) is 14.0. The highest BCUT2D eigenvalue weighted by molar-refractivity contribution is 6.35. The molecule has 0 radical (unpaired) electrons. The van der Waals surface area contributed by atoms with Gasteiger partial charge >= 0.3 is 5.97 Å². The third-order valence-corrected chi connectivity index (χ3v) is 2.89. The van der Waals surface area contributed by atoms with Gasteiger partial charge in [-0.05, 0) is 29.8 Å². The summed E-state index contributed by atoms with van der Waals surface area (Å²) in [5.41, 5.74) is 1.22. The lowest BCUT2D eigenvalue weighted by Crippen LogP contribution is -2.04. The zero-order valence-corrected chi connectivity index (χ0v) is 11.0. The Morgan fingerprint density at radius 2 is 1.79 bits per heavy atom. The lowest BCUT2D eigenvalue weighted by Gasteiger charge is -2.06. The molecule has 0 amide bonds. The van der Waals surface area contributed by atoms with E-state index in [2.05, 4.69) is 4.98 Å². The monoisotopic (exact) mass is 299 g/mol. The molecule has 2 rings (SSSR count). The molecule has 1 aromatic heterocycles. The molecule has 0 atom stereocenters. The van der Waals surface area contributed by atoms with Crippen LogP contribution in [0.25, 0.3) is 11.1 Å². The number of hydrogen-bond acceptors (Lipinski definition) is 2. The Bertz CT molecular complexity index is 626. The highest BCUT2D eigenvalue weighted by Crippen LogP contribution is 2.27. The van der Waals surface area contributed by atoms with Gasteiger partial charge in [-0.15, -0.1) is 0 Å². The topological polar surface area (TPSA) is 50.2 Å². The quantitative estimate of drug-likeness (QED) is 0.877. The van der Waals surface area contributed by atoms with Crippen LogP contribution in [0.1, 0.15) is 5.56 Å². The van der Waals surface area contributed by atoms with E-state index in [4.69, 9.17) is 28.3 Å². The van der Waals surface area contributed by atoms with E-state index in [0.29, 0.717) is 21.2 Å². The van der Waals surface area contributed by atoms with Gasteiger partial charge in [0.05, 0.1) is 6.42 Å². The average Bonchev–Trinajstić information content (AvgIpc) is 2.30. The molecule has 3 nitrogen and oxygen atoms in total. The Kier molecular flexibility index (Phi) is 4.02. The molecule has 1 heterocycles. The molecule has 0 aliphatic carbocycles. The maximum Gasteiger partial charge on any atom is 0.307 e. The standard InChI is InChI=1S/C13H8Cl2FNO2/c14-10-2-7(3-11(15)5-10)9-1-8(4-12(18)19)13(16)17-6-9/h1-3,5-6H,4H2,(H,18,19). The van der Waals surface area contributed by atoms with Crippen LogP contribution in [-0.2, 0) is 11.2 Å². The van der Waals surface area contributed by atoms with Crippen molar-refractivity contribution in [2.75, 3.05) is 0 Å². The van der Waals surface area contributed by atoms with E-state index in [1.54, 1.807) is 18.2 Å². The Morgan fingerprint density at radius 3 is 2.37 bits per heavy atom. The van der Waals surface area contributed by atoms with Crippen LogP contribution in [0.15, 0.2) is 30.5 Å². The summed E-state index contributed by atoms with van der Waals surface area (Å²) in [6, 6.07) is 6.29. The highest BCUT2D eigenvalue weighted by Gasteiger charge is 2.11. The van der Waals surface area contributed by atoms with Crippen molar-refractivity contribution in [2.45, 2.75) is 6.42 Å². The number of hydrogen-bond donors (Lipinski definition) is 1. The zero-order valence-electron chi connectivity index (χ0n) is 9.53. The van der Waals surface area contributed by atoms with Gasteiger partial charge in [-0.2, -0.15) is 4.39 Å². The summed E-state index contributed by atoms with van der Waals surface area (Å²) in [4.78, 5) is 14.2. The second kappa shape index (κ2) is 5.55. The van der Waals surface area contributed by atoms with Gasteiger partial charge in [-0.3, -0.25) is 4.79 Å². The van der Waals surface area contributed by atoms with Gasteiger partial charge in [0, 0.05) is 27.4 Å². The summed E-state index contributed by atoms with van der Waals surface area (Å²) < 4.78 is 13.4. The molecule has 0 unspecified atom stereocenters. The van der Waals surface area contributed by atoms with Crippen molar-refractivity contribution >= 4 is 29.2 Å². The lowest BCUT2D eigenvalue weighted by molar-refractivity contribution is -0.136. The fraction of sp³-hybridized carbons (Fsp3) is 0.0769. The number of aliphatic carboxylic acids is 1. The number of carboxylic acid groups (broad SMARTS) is 1. The minimum absolute atomic E-state index is 0.0149. The van der Waals surface area contributed by atoms with Crippen molar-refractivity contribution in [3.63, 3.8) is 0 Å². The van der Waals surface area contributed by atoms with E-state index >= 15 is 0 Å². The molecule has 0 fully saturated rings. The molecule has 0 aliphatic rings. The fourth-order valence-corrected chi connectivity index (χ4v) is 2.18. The van der Waals surface area contributed by atoms with E-state index in [9.17, 15) is 9.18 Å². The van der Waals surface area contributed by atoms with Gasteiger partial charge in [-0.25, -0.2) is 4.98 Å². The van der Waals surface area contributed by atoms with Crippen LogP contribution in [0.5, 0.6) is 0 Å². The molecular weight excluding hydrogens is 292 g/mol. The van der Waals surface area contributed by atoms with Gasteiger partial charge in [0.25, 0.3) is 0 Å². The smallest absolute Gasteiger partial charge is 0.307 e. The number of halogens is 3. The number of carboxylic acids is 1. The summed E-state index contributed by atoms with van der Waals surface area (Å²) in [7, 11) is 0. The number of pyridine rings is 1. The van der Waals surface area contributed by atoms with E-state index in [1.165, 1.54) is 12.3 Å². The first-order chi connectivity index (χ1) is 8.95. The van der Waals surface area contributed by atoms with Gasteiger partial charge in [0.2, 0.25) is 5.95 Å². The molecule has 0 saturated carbocycles.